The molecule has 0 N–H and O–H groups in total. The standard InChI is InChI=1S/C12H26N2O/c1-7-11(8-2)14(9-10(3)4)12(15)13(5)6/h10-11H,7-9H2,1-6H3. The summed E-state index contributed by atoms with van der Waals surface area (Å²) in [6, 6.07) is 0.514. The number of rotatable bonds is 5. The van der Waals surface area contributed by atoms with Crippen LogP contribution in [0.5, 0.6) is 0 Å². The Hall–Kier alpha value is -0.730. The van der Waals surface area contributed by atoms with Crippen LogP contribution in [0.25, 0.3) is 0 Å². The zero-order chi connectivity index (χ0) is 12.0. The molecule has 0 fully saturated rings. The van der Waals surface area contributed by atoms with E-state index in [0.717, 1.165) is 19.4 Å². The molecule has 0 aliphatic heterocycles. The van der Waals surface area contributed by atoms with E-state index in [2.05, 4.69) is 27.7 Å². The maximum Gasteiger partial charge on any atom is 0.319 e. The van der Waals surface area contributed by atoms with Gasteiger partial charge in [-0.25, -0.2) is 4.79 Å². The largest absolute Gasteiger partial charge is 0.331 e. The van der Waals surface area contributed by atoms with Crippen LogP contribution in [-0.2, 0) is 0 Å². The monoisotopic (exact) mass is 214 g/mol. The molecule has 15 heavy (non-hydrogen) atoms. The molecule has 0 aliphatic rings. The third kappa shape index (κ3) is 4.54. The van der Waals surface area contributed by atoms with E-state index in [1.54, 1.807) is 4.90 Å². The highest BCUT2D eigenvalue weighted by Crippen LogP contribution is 2.13. The number of hydrogen-bond acceptors (Lipinski definition) is 1. The summed E-state index contributed by atoms with van der Waals surface area (Å²) in [5.41, 5.74) is 0. The average molecular weight is 214 g/mol. The van der Waals surface area contributed by atoms with E-state index in [9.17, 15) is 4.79 Å². The van der Waals surface area contributed by atoms with Crippen molar-refractivity contribution in [2.75, 3.05) is 20.6 Å². The zero-order valence-corrected chi connectivity index (χ0v) is 11.1. The van der Waals surface area contributed by atoms with Gasteiger partial charge in [-0.2, -0.15) is 0 Å². The van der Waals surface area contributed by atoms with Gasteiger partial charge in [-0.05, 0) is 18.8 Å². The van der Waals surface area contributed by atoms with Gasteiger partial charge in [0.05, 0.1) is 0 Å². The second-order valence-corrected chi connectivity index (χ2v) is 4.69. The molecule has 3 heteroatoms. The molecule has 0 unspecified atom stereocenters. The molecule has 0 saturated heterocycles. The molecule has 0 rings (SSSR count). The Morgan fingerprint density at radius 1 is 1.13 bits per heavy atom. The molecule has 2 amide bonds. The van der Waals surface area contributed by atoms with Gasteiger partial charge in [0.2, 0.25) is 0 Å². The summed E-state index contributed by atoms with van der Waals surface area (Å²) >= 11 is 0. The highest BCUT2D eigenvalue weighted by molar-refractivity contribution is 5.74. The van der Waals surface area contributed by atoms with Crippen molar-refractivity contribution in [2.24, 2.45) is 5.92 Å². The van der Waals surface area contributed by atoms with Gasteiger partial charge in [0.1, 0.15) is 0 Å². The lowest BCUT2D eigenvalue weighted by molar-refractivity contribution is 0.137. The van der Waals surface area contributed by atoms with Gasteiger partial charge in [0, 0.05) is 26.7 Å². The van der Waals surface area contributed by atoms with E-state index in [0.29, 0.717) is 12.0 Å². The van der Waals surface area contributed by atoms with Crippen molar-refractivity contribution in [1.29, 1.82) is 0 Å². The predicted octanol–water partition coefficient (Wildman–Crippen LogP) is 2.81. The summed E-state index contributed by atoms with van der Waals surface area (Å²) in [5, 5.41) is 0. The molecule has 0 aromatic heterocycles. The van der Waals surface area contributed by atoms with Crippen molar-refractivity contribution < 1.29 is 4.79 Å². The Morgan fingerprint density at radius 2 is 1.60 bits per heavy atom. The van der Waals surface area contributed by atoms with Gasteiger partial charge in [-0.3, -0.25) is 0 Å². The Kier molecular flexibility index (Phi) is 6.37. The van der Waals surface area contributed by atoms with Gasteiger partial charge < -0.3 is 9.80 Å². The normalized spacial score (nSPS) is 10.9. The molecular formula is C12H26N2O. The van der Waals surface area contributed by atoms with E-state index in [-0.39, 0.29) is 6.03 Å². The minimum atomic E-state index is 0.136. The molecule has 0 spiro atoms. The van der Waals surface area contributed by atoms with Crippen molar-refractivity contribution in [3.8, 4) is 0 Å². The van der Waals surface area contributed by atoms with E-state index < -0.39 is 0 Å². The van der Waals surface area contributed by atoms with Crippen LogP contribution < -0.4 is 0 Å². The van der Waals surface area contributed by atoms with Gasteiger partial charge in [-0.1, -0.05) is 27.7 Å². The highest BCUT2D eigenvalue weighted by atomic mass is 16.2. The fourth-order valence-electron chi connectivity index (χ4n) is 1.76. The van der Waals surface area contributed by atoms with Gasteiger partial charge in [0.15, 0.2) is 0 Å². The van der Waals surface area contributed by atoms with Gasteiger partial charge in [-0.15, -0.1) is 0 Å². The molecule has 0 bridgehead atoms. The molecule has 0 aromatic rings. The summed E-state index contributed by atoms with van der Waals surface area (Å²) in [6.45, 7) is 9.44. The zero-order valence-electron chi connectivity index (χ0n) is 11.1. The fourth-order valence-corrected chi connectivity index (χ4v) is 1.76. The van der Waals surface area contributed by atoms with Crippen LogP contribution >= 0.6 is 0 Å². The first-order valence-electron chi connectivity index (χ1n) is 5.91. The first-order chi connectivity index (χ1) is 6.93. The van der Waals surface area contributed by atoms with Crippen molar-refractivity contribution in [2.45, 2.75) is 46.6 Å². The number of carbonyl (C=O) groups excluding carboxylic acids is 1. The number of amides is 2. The summed E-state index contributed by atoms with van der Waals surface area (Å²) in [6.07, 6.45) is 2.06. The Labute approximate surface area is 94.4 Å². The second kappa shape index (κ2) is 6.70. The van der Waals surface area contributed by atoms with Crippen molar-refractivity contribution in [3.05, 3.63) is 0 Å². The van der Waals surface area contributed by atoms with E-state index in [1.807, 2.05) is 19.0 Å². The molecule has 0 heterocycles. The van der Waals surface area contributed by atoms with Crippen molar-refractivity contribution in [3.63, 3.8) is 0 Å². The fraction of sp³-hybridized carbons (Fsp3) is 0.917. The third-order valence-electron chi connectivity index (χ3n) is 2.57. The summed E-state index contributed by atoms with van der Waals surface area (Å²) in [7, 11) is 3.64. The minimum absolute atomic E-state index is 0.136. The molecular weight excluding hydrogens is 188 g/mol. The van der Waals surface area contributed by atoms with Crippen LogP contribution in [-0.4, -0.2) is 42.5 Å². The molecule has 0 aliphatic carbocycles. The van der Waals surface area contributed by atoms with Crippen molar-refractivity contribution in [1.82, 2.24) is 9.80 Å². The minimum Gasteiger partial charge on any atom is -0.331 e. The summed E-state index contributed by atoms with van der Waals surface area (Å²) < 4.78 is 0. The van der Waals surface area contributed by atoms with Crippen LogP contribution in [0, 0.1) is 5.92 Å². The molecule has 90 valence electrons. The van der Waals surface area contributed by atoms with E-state index in [1.165, 1.54) is 0 Å². The Bertz CT molecular complexity index is 186. The third-order valence-corrected chi connectivity index (χ3v) is 2.57. The first-order valence-corrected chi connectivity index (χ1v) is 5.91. The maximum atomic E-state index is 12.0. The SMILES string of the molecule is CCC(CC)N(CC(C)C)C(=O)N(C)C. The first kappa shape index (κ1) is 14.3. The highest BCUT2D eigenvalue weighted by Gasteiger charge is 2.22. The quantitative estimate of drug-likeness (QED) is 0.690. The maximum absolute atomic E-state index is 12.0. The summed E-state index contributed by atoms with van der Waals surface area (Å²) in [5.74, 6) is 0.523. The van der Waals surface area contributed by atoms with Crippen LogP contribution in [0.4, 0.5) is 4.79 Å². The lowest BCUT2D eigenvalue weighted by atomic mass is 10.1. The van der Waals surface area contributed by atoms with Crippen molar-refractivity contribution >= 4 is 6.03 Å². The Balaban J connectivity index is 4.62. The lowest BCUT2D eigenvalue weighted by Gasteiger charge is -2.34. The van der Waals surface area contributed by atoms with Crippen LogP contribution in [0.2, 0.25) is 0 Å². The number of nitrogens with zero attached hydrogens (tertiary/aromatic N) is 2. The van der Waals surface area contributed by atoms with Crippen LogP contribution in [0.15, 0.2) is 0 Å². The van der Waals surface area contributed by atoms with E-state index in [4.69, 9.17) is 0 Å². The molecule has 0 atom stereocenters. The van der Waals surface area contributed by atoms with Gasteiger partial charge >= 0.3 is 6.03 Å². The molecule has 3 nitrogen and oxygen atoms in total. The number of urea groups is 1. The smallest absolute Gasteiger partial charge is 0.319 e. The predicted molar refractivity (Wildman–Crippen MR) is 65.0 cm³/mol. The number of carbonyl (C=O) groups is 1. The van der Waals surface area contributed by atoms with Gasteiger partial charge in [0.25, 0.3) is 0 Å². The van der Waals surface area contributed by atoms with Crippen LogP contribution in [0.3, 0.4) is 0 Å². The summed E-state index contributed by atoms with van der Waals surface area (Å²) in [4.78, 5) is 15.7. The molecule has 0 saturated carbocycles. The topological polar surface area (TPSA) is 23.6 Å². The average Bonchev–Trinajstić information content (AvgIpc) is 2.16. The second-order valence-electron chi connectivity index (χ2n) is 4.69. The number of hydrogen-bond donors (Lipinski definition) is 0. The molecule has 0 radical (unpaired) electrons. The van der Waals surface area contributed by atoms with E-state index >= 15 is 0 Å². The molecule has 0 aromatic carbocycles. The lowest BCUT2D eigenvalue weighted by Crippen LogP contribution is -2.46. The van der Waals surface area contributed by atoms with Crippen LogP contribution in [0.1, 0.15) is 40.5 Å². The Morgan fingerprint density at radius 3 is 1.87 bits per heavy atom.